The Morgan fingerprint density at radius 2 is 2.10 bits per heavy atom. The van der Waals surface area contributed by atoms with Crippen LogP contribution in [0.15, 0.2) is 27.8 Å². The number of rotatable bonds is 2. The number of nitrogens with two attached hydrogens (primary N) is 1. The highest BCUT2D eigenvalue weighted by molar-refractivity contribution is 9.10. The highest BCUT2D eigenvalue weighted by atomic mass is 79.9. The lowest BCUT2D eigenvalue weighted by Crippen LogP contribution is -2.04. The summed E-state index contributed by atoms with van der Waals surface area (Å²) < 4.78 is 2.28. The second-order valence-corrected chi connectivity index (χ2v) is 5.94. The predicted molar refractivity (Wildman–Crippen MR) is 82.9 cm³/mol. The van der Waals surface area contributed by atoms with Crippen molar-refractivity contribution in [3.05, 3.63) is 27.7 Å². The van der Waals surface area contributed by atoms with Crippen LogP contribution in [0.25, 0.3) is 17.2 Å². The summed E-state index contributed by atoms with van der Waals surface area (Å²) in [6.45, 7) is 0. The summed E-state index contributed by atoms with van der Waals surface area (Å²) in [5, 5.41) is 5.39. The standard InChI is InChI=1S/C11H8BrClN6S/c1-20-11-16-9(14)19-10(17-11)15-8(18-19)6-3-2-5(12)4-7(6)13/h2-4H,1H3,(H2,14,15,16,17,18). The predicted octanol–water partition coefficient (Wildman–Crippen LogP) is 2.91. The lowest BCUT2D eigenvalue weighted by molar-refractivity contribution is 0.851. The minimum Gasteiger partial charge on any atom is -0.368 e. The number of thioether (sulfide) groups is 1. The molecule has 0 aliphatic rings. The van der Waals surface area contributed by atoms with E-state index in [1.807, 2.05) is 18.4 Å². The largest absolute Gasteiger partial charge is 0.368 e. The molecule has 0 saturated carbocycles. The number of aromatic nitrogens is 5. The van der Waals surface area contributed by atoms with Gasteiger partial charge in [-0.05, 0) is 24.5 Å². The Labute approximate surface area is 131 Å². The van der Waals surface area contributed by atoms with Crippen molar-refractivity contribution in [2.24, 2.45) is 0 Å². The van der Waals surface area contributed by atoms with Gasteiger partial charge in [-0.2, -0.15) is 19.5 Å². The van der Waals surface area contributed by atoms with Crippen LogP contribution in [-0.4, -0.2) is 30.8 Å². The third-order valence-electron chi connectivity index (χ3n) is 2.57. The Kier molecular flexibility index (Phi) is 3.53. The minimum atomic E-state index is 0.242. The van der Waals surface area contributed by atoms with Crippen LogP contribution >= 0.6 is 39.3 Å². The molecule has 2 N–H and O–H groups in total. The quantitative estimate of drug-likeness (QED) is 0.698. The third kappa shape index (κ3) is 2.34. The molecule has 20 heavy (non-hydrogen) atoms. The van der Waals surface area contributed by atoms with Crippen molar-refractivity contribution in [3.63, 3.8) is 0 Å². The summed E-state index contributed by atoms with van der Waals surface area (Å²) >= 11 is 11.0. The maximum Gasteiger partial charge on any atom is 0.258 e. The van der Waals surface area contributed by atoms with Gasteiger partial charge in [-0.1, -0.05) is 39.3 Å². The molecule has 0 amide bonds. The Morgan fingerprint density at radius 3 is 2.80 bits per heavy atom. The summed E-state index contributed by atoms with van der Waals surface area (Å²) in [5.41, 5.74) is 6.56. The molecular formula is C11H8BrClN6S. The van der Waals surface area contributed by atoms with Crippen LogP contribution in [0.3, 0.4) is 0 Å². The van der Waals surface area contributed by atoms with Gasteiger partial charge >= 0.3 is 0 Å². The van der Waals surface area contributed by atoms with E-state index in [-0.39, 0.29) is 5.95 Å². The zero-order valence-corrected chi connectivity index (χ0v) is 13.4. The van der Waals surface area contributed by atoms with Crippen LogP contribution in [0, 0.1) is 0 Å². The van der Waals surface area contributed by atoms with E-state index in [2.05, 4.69) is 36.0 Å². The highest BCUT2D eigenvalue weighted by Crippen LogP contribution is 2.28. The van der Waals surface area contributed by atoms with Crippen LogP contribution in [0.2, 0.25) is 5.02 Å². The number of benzene rings is 1. The molecule has 0 aliphatic carbocycles. The first-order valence-corrected chi connectivity index (χ1v) is 7.88. The van der Waals surface area contributed by atoms with Gasteiger partial charge in [-0.25, -0.2) is 0 Å². The molecule has 0 spiro atoms. The number of hydrogen-bond acceptors (Lipinski definition) is 6. The molecular weight excluding hydrogens is 364 g/mol. The number of anilines is 1. The van der Waals surface area contributed by atoms with Crippen molar-refractivity contribution < 1.29 is 0 Å². The van der Waals surface area contributed by atoms with Gasteiger partial charge in [0.05, 0.1) is 5.02 Å². The maximum absolute atomic E-state index is 6.20. The van der Waals surface area contributed by atoms with Gasteiger partial charge in [-0.15, -0.1) is 5.10 Å². The average molecular weight is 372 g/mol. The van der Waals surface area contributed by atoms with Crippen molar-refractivity contribution >= 4 is 51.0 Å². The number of hydrogen-bond donors (Lipinski definition) is 1. The molecule has 0 atom stereocenters. The Morgan fingerprint density at radius 1 is 1.30 bits per heavy atom. The van der Waals surface area contributed by atoms with Gasteiger partial charge in [0.15, 0.2) is 11.0 Å². The normalized spacial score (nSPS) is 11.2. The van der Waals surface area contributed by atoms with Gasteiger partial charge in [0.2, 0.25) is 5.95 Å². The van der Waals surface area contributed by atoms with Crippen LogP contribution in [0.5, 0.6) is 0 Å². The van der Waals surface area contributed by atoms with Crippen molar-refractivity contribution in [2.75, 3.05) is 12.0 Å². The Balaban J connectivity index is 2.20. The van der Waals surface area contributed by atoms with E-state index >= 15 is 0 Å². The molecule has 6 nitrogen and oxygen atoms in total. The molecule has 3 aromatic rings. The van der Waals surface area contributed by atoms with Gasteiger partial charge in [0.1, 0.15) is 0 Å². The second-order valence-electron chi connectivity index (χ2n) is 3.84. The number of fused-ring (bicyclic) bond motifs is 1. The number of nitrogens with zero attached hydrogens (tertiary/aromatic N) is 5. The summed E-state index contributed by atoms with van der Waals surface area (Å²) in [6.07, 6.45) is 1.87. The maximum atomic E-state index is 6.20. The number of nitrogen functional groups attached to an aromatic ring is 1. The fraction of sp³-hybridized carbons (Fsp3) is 0.0909. The van der Waals surface area contributed by atoms with E-state index in [1.54, 1.807) is 6.07 Å². The smallest absolute Gasteiger partial charge is 0.258 e. The minimum absolute atomic E-state index is 0.242. The monoisotopic (exact) mass is 370 g/mol. The molecule has 9 heteroatoms. The zero-order valence-electron chi connectivity index (χ0n) is 10.2. The van der Waals surface area contributed by atoms with E-state index in [0.29, 0.717) is 27.3 Å². The first-order valence-electron chi connectivity index (χ1n) is 5.48. The molecule has 2 heterocycles. The molecule has 3 rings (SSSR count). The molecule has 0 fully saturated rings. The molecule has 102 valence electrons. The van der Waals surface area contributed by atoms with E-state index in [9.17, 15) is 0 Å². The van der Waals surface area contributed by atoms with E-state index in [1.165, 1.54) is 16.3 Å². The van der Waals surface area contributed by atoms with Crippen molar-refractivity contribution in [3.8, 4) is 11.4 Å². The van der Waals surface area contributed by atoms with E-state index < -0.39 is 0 Å². The lowest BCUT2D eigenvalue weighted by Gasteiger charge is -1.99. The van der Waals surface area contributed by atoms with Crippen LogP contribution in [0.1, 0.15) is 0 Å². The topological polar surface area (TPSA) is 82.0 Å². The van der Waals surface area contributed by atoms with Gasteiger partial charge < -0.3 is 5.73 Å². The van der Waals surface area contributed by atoms with Crippen molar-refractivity contribution in [1.29, 1.82) is 0 Å². The van der Waals surface area contributed by atoms with E-state index in [4.69, 9.17) is 17.3 Å². The summed E-state index contributed by atoms with van der Waals surface area (Å²) in [5.74, 6) is 1.10. The lowest BCUT2D eigenvalue weighted by atomic mass is 10.2. The third-order valence-corrected chi connectivity index (χ3v) is 3.92. The summed E-state index contributed by atoms with van der Waals surface area (Å²) in [7, 11) is 0. The molecule has 0 aliphatic heterocycles. The fourth-order valence-corrected chi connectivity index (χ4v) is 2.78. The SMILES string of the molecule is CSc1nc(N)n2nc(-c3ccc(Br)cc3Cl)nc2n1. The first kappa shape index (κ1) is 13.6. The van der Waals surface area contributed by atoms with Crippen LogP contribution in [0.4, 0.5) is 5.95 Å². The molecule has 0 unspecified atom stereocenters. The van der Waals surface area contributed by atoms with Gasteiger partial charge in [0.25, 0.3) is 5.78 Å². The summed E-state index contributed by atoms with van der Waals surface area (Å²) in [6, 6.07) is 5.49. The first-order chi connectivity index (χ1) is 9.58. The van der Waals surface area contributed by atoms with Crippen LogP contribution < -0.4 is 5.73 Å². The Bertz CT molecular complexity index is 805. The molecule has 2 aromatic heterocycles. The molecule has 0 bridgehead atoms. The molecule has 1 aromatic carbocycles. The van der Waals surface area contributed by atoms with Crippen molar-refractivity contribution in [1.82, 2.24) is 24.6 Å². The fourth-order valence-electron chi connectivity index (χ4n) is 1.66. The van der Waals surface area contributed by atoms with E-state index in [0.717, 1.165) is 4.47 Å². The second kappa shape index (κ2) is 5.19. The summed E-state index contributed by atoms with van der Waals surface area (Å²) in [4.78, 5) is 12.7. The molecule has 0 saturated heterocycles. The molecule has 0 radical (unpaired) electrons. The Hall–Kier alpha value is -1.38. The van der Waals surface area contributed by atoms with Gasteiger partial charge in [0, 0.05) is 10.0 Å². The zero-order chi connectivity index (χ0) is 14.3. The van der Waals surface area contributed by atoms with Crippen molar-refractivity contribution in [2.45, 2.75) is 5.16 Å². The van der Waals surface area contributed by atoms with Gasteiger partial charge in [-0.3, -0.25) is 0 Å². The highest BCUT2D eigenvalue weighted by Gasteiger charge is 2.14. The van der Waals surface area contributed by atoms with Crippen LogP contribution in [-0.2, 0) is 0 Å². The average Bonchev–Trinajstić information content (AvgIpc) is 2.82. The number of halogens is 2.